The molecule has 0 aliphatic carbocycles. The molecule has 0 bridgehead atoms. The zero-order valence-electron chi connectivity index (χ0n) is 16.1. The number of benzene rings is 2. The maximum Gasteiger partial charge on any atom is 0.224 e. The number of halogens is 2. The van der Waals surface area contributed by atoms with Gasteiger partial charge in [0.15, 0.2) is 17.4 Å². The van der Waals surface area contributed by atoms with Gasteiger partial charge in [-0.3, -0.25) is 9.47 Å². The number of aromatic hydroxyl groups is 1. The van der Waals surface area contributed by atoms with Crippen molar-refractivity contribution in [3.8, 4) is 5.75 Å². The summed E-state index contributed by atoms with van der Waals surface area (Å²) in [6, 6.07) is 11.0. The molecule has 6 nitrogen and oxygen atoms in total. The normalized spacial score (nSPS) is 18.8. The highest BCUT2D eigenvalue weighted by Crippen LogP contribution is 2.43. The van der Waals surface area contributed by atoms with E-state index in [1.807, 2.05) is 29.3 Å². The number of aromatic nitrogens is 1. The number of pyridine rings is 1. The van der Waals surface area contributed by atoms with Gasteiger partial charge in [-0.05, 0) is 23.3 Å². The van der Waals surface area contributed by atoms with Gasteiger partial charge in [0.1, 0.15) is 11.4 Å². The molecule has 2 aliphatic heterocycles. The van der Waals surface area contributed by atoms with Crippen LogP contribution in [0.5, 0.6) is 5.75 Å². The number of oxime groups is 1. The maximum absolute atomic E-state index is 14.8. The van der Waals surface area contributed by atoms with Crippen LogP contribution in [-0.2, 0) is 5.75 Å². The van der Waals surface area contributed by atoms with E-state index in [4.69, 9.17) is 0 Å². The number of thioether (sulfide) groups is 1. The first-order valence-electron chi connectivity index (χ1n) is 9.62. The van der Waals surface area contributed by atoms with Crippen molar-refractivity contribution in [1.82, 2.24) is 4.68 Å². The van der Waals surface area contributed by atoms with Gasteiger partial charge >= 0.3 is 0 Å². The molecule has 0 unspecified atom stereocenters. The van der Waals surface area contributed by atoms with Crippen LogP contribution < -0.4 is 10.4 Å². The van der Waals surface area contributed by atoms with Gasteiger partial charge in [-0.25, -0.2) is 8.78 Å². The van der Waals surface area contributed by atoms with Crippen molar-refractivity contribution in [2.45, 2.75) is 23.1 Å². The van der Waals surface area contributed by atoms with Gasteiger partial charge in [-0.2, -0.15) is 0 Å². The van der Waals surface area contributed by atoms with Crippen LogP contribution in [0.1, 0.15) is 34.8 Å². The van der Waals surface area contributed by atoms with Crippen LogP contribution in [0.25, 0.3) is 0 Å². The Morgan fingerprint density at radius 2 is 1.90 bits per heavy atom. The SMILES string of the molecule is O=c1ccn2c(c1O)/C(=N/O)CCN2[C@H]1c2ccccc2SCc2c1ccc(F)c2F. The Morgan fingerprint density at radius 3 is 2.71 bits per heavy atom. The molecule has 3 aromatic rings. The average Bonchev–Trinajstić information content (AvgIpc) is 2.95. The molecule has 158 valence electrons. The lowest BCUT2D eigenvalue weighted by molar-refractivity contribution is 0.315. The number of hydrogen-bond acceptors (Lipinski definition) is 6. The van der Waals surface area contributed by atoms with E-state index in [1.165, 1.54) is 24.0 Å². The van der Waals surface area contributed by atoms with Gasteiger partial charge in [0, 0.05) is 41.4 Å². The fraction of sp³-hybridized carbons (Fsp3) is 0.182. The molecule has 3 heterocycles. The van der Waals surface area contributed by atoms with Crippen molar-refractivity contribution in [3.63, 3.8) is 0 Å². The van der Waals surface area contributed by atoms with E-state index in [1.54, 1.807) is 10.7 Å². The van der Waals surface area contributed by atoms with Crippen molar-refractivity contribution in [2.24, 2.45) is 5.16 Å². The van der Waals surface area contributed by atoms with Crippen LogP contribution in [0.3, 0.4) is 0 Å². The van der Waals surface area contributed by atoms with Gasteiger partial charge in [-0.15, -0.1) is 11.8 Å². The summed E-state index contributed by atoms with van der Waals surface area (Å²) in [5.74, 6) is -2.03. The van der Waals surface area contributed by atoms with E-state index in [2.05, 4.69) is 5.16 Å². The molecule has 1 aromatic heterocycles. The first-order valence-corrected chi connectivity index (χ1v) is 10.6. The average molecular weight is 441 g/mol. The Labute approximate surface area is 180 Å². The van der Waals surface area contributed by atoms with Crippen LogP contribution in [0.15, 0.2) is 63.5 Å². The summed E-state index contributed by atoms with van der Waals surface area (Å²) in [7, 11) is 0. The molecule has 31 heavy (non-hydrogen) atoms. The van der Waals surface area contributed by atoms with Crippen molar-refractivity contribution < 1.29 is 19.1 Å². The minimum absolute atomic E-state index is 0.0831. The van der Waals surface area contributed by atoms with Crippen LogP contribution in [-0.4, -0.2) is 27.2 Å². The van der Waals surface area contributed by atoms with Gasteiger partial charge in [0.05, 0.1) is 6.04 Å². The molecule has 0 fully saturated rings. The number of fused-ring (bicyclic) bond motifs is 3. The lowest BCUT2D eigenvalue weighted by Gasteiger charge is -2.40. The third-order valence-electron chi connectivity index (χ3n) is 5.71. The molecular formula is C22H17F2N3O3S. The quantitative estimate of drug-likeness (QED) is 0.444. The Hall–Kier alpha value is -3.33. The zero-order valence-corrected chi connectivity index (χ0v) is 16.9. The van der Waals surface area contributed by atoms with E-state index >= 15 is 0 Å². The van der Waals surface area contributed by atoms with Gasteiger partial charge < -0.3 is 15.3 Å². The van der Waals surface area contributed by atoms with Crippen molar-refractivity contribution in [3.05, 3.63) is 92.9 Å². The van der Waals surface area contributed by atoms with Crippen LogP contribution >= 0.6 is 11.8 Å². The molecular weight excluding hydrogens is 424 g/mol. The van der Waals surface area contributed by atoms with Gasteiger partial charge in [-0.1, -0.05) is 29.4 Å². The summed E-state index contributed by atoms with van der Waals surface area (Å²) in [5, 5.41) is 25.0. The van der Waals surface area contributed by atoms with Crippen molar-refractivity contribution in [2.75, 3.05) is 11.6 Å². The first kappa shape index (κ1) is 19.6. The third kappa shape index (κ3) is 2.99. The molecule has 0 amide bonds. The topological polar surface area (TPSA) is 78.1 Å². The Balaban J connectivity index is 1.79. The van der Waals surface area contributed by atoms with E-state index < -0.39 is 28.9 Å². The van der Waals surface area contributed by atoms with Gasteiger partial charge in [0.25, 0.3) is 0 Å². The summed E-state index contributed by atoms with van der Waals surface area (Å²) in [6.07, 6.45) is 1.74. The molecule has 0 spiro atoms. The molecule has 0 radical (unpaired) electrons. The van der Waals surface area contributed by atoms with E-state index in [-0.39, 0.29) is 29.1 Å². The Bertz CT molecular complexity index is 1290. The first-order chi connectivity index (χ1) is 15.0. The lowest BCUT2D eigenvalue weighted by Crippen LogP contribution is -2.47. The predicted molar refractivity (Wildman–Crippen MR) is 113 cm³/mol. The smallest absolute Gasteiger partial charge is 0.224 e. The fourth-order valence-corrected chi connectivity index (χ4v) is 5.40. The lowest BCUT2D eigenvalue weighted by atomic mass is 9.93. The predicted octanol–water partition coefficient (Wildman–Crippen LogP) is 3.75. The molecule has 0 saturated carbocycles. The maximum atomic E-state index is 14.8. The standard InChI is InChI=1S/C22H17F2N3O3S/c23-15-6-5-12-14(19(15)24)11-31-18-4-2-1-3-13(18)20(12)26-9-7-16(25-30)21-22(29)17(28)8-10-27(21)26/h1-6,8,10,20,29-30H,7,9,11H2/b25-16+/t20-/m1/s1. The van der Waals surface area contributed by atoms with Crippen molar-refractivity contribution in [1.29, 1.82) is 0 Å². The van der Waals surface area contributed by atoms with Crippen LogP contribution in [0.4, 0.5) is 8.78 Å². The number of rotatable bonds is 1. The van der Waals surface area contributed by atoms with E-state index in [0.717, 1.165) is 16.5 Å². The molecule has 0 saturated heterocycles. The third-order valence-corrected chi connectivity index (χ3v) is 6.83. The fourth-order valence-electron chi connectivity index (χ4n) is 4.28. The highest BCUT2D eigenvalue weighted by Gasteiger charge is 2.35. The van der Waals surface area contributed by atoms with Crippen LogP contribution in [0.2, 0.25) is 0 Å². The highest BCUT2D eigenvalue weighted by atomic mass is 32.2. The minimum Gasteiger partial charge on any atom is -0.503 e. The summed E-state index contributed by atoms with van der Waals surface area (Å²) in [5.41, 5.74) is 1.43. The molecule has 2 aliphatic rings. The molecule has 5 rings (SSSR count). The molecule has 9 heteroatoms. The second-order valence-corrected chi connectivity index (χ2v) is 8.36. The minimum atomic E-state index is -0.904. The van der Waals surface area contributed by atoms with Crippen LogP contribution in [0, 0.1) is 11.6 Å². The summed E-state index contributed by atoms with van der Waals surface area (Å²) >= 11 is 1.43. The molecule has 2 N–H and O–H groups in total. The summed E-state index contributed by atoms with van der Waals surface area (Å²) < 4.78 is 30.4. The zero-order chi connectivity index (χ0) is 21.7. The molecule has 1 atom stereocenters. The number of nitrogens with zero attached hydrogens (tertiary/aromatic N) is 3. The number of hydrogen-bond donors (Lipinski definition) is 2. The van der Waals surface area contributed by atoms with Crippen molar-refractivity contribution >= 4 is 17.5 Å². The largest absolute Gasteiger partial charge is 0.503 e. The van der Waals surface area contributed by atoms with E-state index in [0.29, 0.717) is 12.1 Å². The Morgan fingerprint density at radius 1 is 1.10 bits per heavy atom. The Kier molecular flexibility index (Phi) is 4.70. The molecule has 2 aromatic carbocycles. The monoisotopic (exact) mass is 441 g/mol. The van der Waals surface area contributed by atoms with Gasteiger partial charge in [0.2, 0.25) is 5.43 Å². The summed E-state index contributed by atoms with van der Waals surface area (Å²) in [6.45, 7) is 0.358. The van der Waals surface area contributed by atoms with E-state index in [9.17, 15) is 23.9 Å². The second kappa shape index (κ2) is 7.42. The summed E-state index contributed by atoms with van der Waals surface area (Å²) in [4.78, 5) is 13.0. The second-order valence-electron chi connectivity index (χ2n) is 7.34. The highest BCUT2D eigenvalue weighted by molar-refractivity contribution is 7.98.